The topological polar surface area (TPSA) is 87.6 Å². The number of hydrogen-bond acceptors (Lipinski definition) is 5. The van der Waals surface area contributed by atoms with E-state index in [2.05, 4.69) is 4.98 Å². The second kappa shape index (κ2) is 12.8. The van der Waals surface area contributed by atoms with Gasteiger partial charge in [0.2, 0.25) is 0 Å². The Labute approximate surface area is 200 Å². The van der Waals surface area contributed by atoms with Crippen molar-refractivity contribution in [1.82, 2.24) is 4.98 Å². The fourth-order valence-electron chi connectivity index (χ4n) is 4.03. The molecule has 3 rings (SSSR count). The van der Waals surface area contributed by atoms with Crippen LogP contribution in [0.2, 0.25) is 0 Å². The minimum Gasteiger partial charge on any atom is -0.395 e. The third-order valence-electron chi connectivity index (χ3n) is 5.86. The molecule has 0 saturated heterocycles. The van der Waals surface area contributed by atoms with Crippen LogP contribution in [0, 0.1) is 0 Å². The number of ketones is 2. The zero-order valence-electron chi connectivity index (χ0n) is 19.7. The van der Waals surface area contributed by atoms with Gasteiger partial charge >= 0.3 is 0 Å². The van der Waals surface area contributed by atoms with Crippen LogP contribution in [0.15, 0.2) is 60.8 Å². The van der Waals surface area contributed by atoms with Gasteiger partial charge in [0.25, 0.3) is 5.91 Å². The van der Waals surface area contributed by atoms with Crippen LogP contribution < -0.4 is 4.90 Å². The third kappa shape index (κ3) is 6.81. The number of aliphatic hydroxyl groups is 1. The molecule has 1 aromatic heterocycles. The first-order chi connectivity index (χ1) is 16.5. The Hall–Kier alpha value is -3.38. The number of rotatable bonds is 13. The highest BCUT2D eigenvalue weighted by molar-refractivity contribution is 6.10. The maximum atomic E-state index is 13.3. The summed E-state index contributed by atoms with van der Waals surface area (Å²) in [5.74, 6) is 0.0374. The first kappa shape index (κ1) is 25.2. The average molecular weight is 461 g/mol. The number of para-hydroxylation sites is 1. The van der Waals surface area contributed by atoms with E-state index < -0.39 is 0 Å². The Morgan fingerprint density at radius 1 is 0.824 bits per heavy atom. The number of unbranched alkanes of at least 4 members (excludes halogenated alkanes) is 4. The highest BCUT2D eigenvalue weighted by Gasteiger charge is 2.20. The standard InChI is InChI=1S/C28H32N2O4/c1-21(32)9-5-3-2-4-6-13-26(33)22-14-16-24(17-15-22)28(34)30(19-20-31)25-12-7-10-23-11-8-18-29-27(23)25/h7-8,10-12,14-18,31H,2-6,9,13,19-20H2,1H3. The van der Waals surface area contributed by atoms with E-state index >= 15 is 0 Å². The van der Waals surface area contributed by atoms with Crippen LogP contribution >= 0.6 is 0 Å². The number of anilines is 1. The molecule has 1 heterocycles. The van der Waals surface area contributed by atoms with Crippen molar-refractivity contribution < 1.29 is 19.5 Å². The van der Waals surface area contributed by atoms with Crippen LogP contribution in [0.3, 0.4) is 0 Å². The second-order valence-electron chi connectivity index (χ2n) is 8.50. The van der Waals surface area contributed by atoms with Crippen molar-refractivity contribution in [2.45, 2.75) is 51.9 Å². The van der Waals surface area contributed by atoms with Crippen molar-refractivity contribution in [3.63, 3.8) is 0 Å². The van der Waals surface area contributed by atoms with Gasteiger partial charge in [-0.15, -0.1) is 0 Å². The number of fused-ring (bicyclic) bond motifs is 1. The lowest BCUT2D eigenvalue weighted by molar-refractivity contribution is -0.117. The van der Waals surface area contributed by atoms with E-state index in [0.717, 1.165) is 37.5 Å². The van der Waals surface area contributed by atoms with Gasteiger partial charge in [-0.05, 0) is 44.0 Å². The zero-order chi connectivity index (χ0) is 24.3. The predicted molar refractivity (Wildman–Crippen MR) is 134 cm³/mol. The minimum atomic E-state index is -0.253. The second-order valence-corrected chi connectivity index (χ2v) is 8.50. The van der Waals surface area contributed by atoms with E-state index in [1.165, 1.54) is 4.90 Å². The van der Waals surface area contributed by atoms with Gasteiger partial charge in [0.05, 0.1) is 17.8 Å². The van der Waals surface area contributed by atoms with E-state index in [1.807, 2.05) is 30.3 Å². The van der Waals surface area contributed by atoms with E-state index in [9.17, 15) is 19.5 Å². The molecule has 0 aliphatic heterocycles. The monoisotopic (exact) mass is 460 g/mol. The lowest BCUT2D eigenvalue weighted by Gasteiger charge is -2.23. The van der Waals surface area contributed by atoms with Crippen LogP contribution in [0.5, 0.6) is 0 Å². The highest BCUT2D eigenvalue weighted by Crippen LogP contribution is 2.26. The Bertz CT molecular complexity index is 1120. The lowest BCUT2D eigenvalue weighted by atomic mass is 10.0. The van der Waals surface area contributed by atoms with Gasteiger partial charge < -0.3 is 14.8 Å². The highest BCUT2D eigenvalue weighted by atomic mass is 16.3. The summed E-state index contributed by atoms with van der Waals surface area (Å²) in [6.07, 6.45) is 7.53. The lowest BCUT2D eigenvalue weighted by Crippen LogP contribution is -2.33. The predicted octanol–water partition coefficient (Wildman–Crippen LogP) is 5.38. The molecule has 3 aromatic rings. The number of nitrogens with zero attached hydrogens (tertiary/aromatic N) is 2. The van der Waals surface area contributed by atoms with Gasteiger partial charge in [0.1, 0.15) is 5.78 Å². The van der Waals surface area contributed by atoms with Gasteiger partial charge in [0, 0.05) is 42.1 Å². The summed E-state index contributed by atoms with van der Waals surface area (Å²) in [5.41, 5.74) is 2.37. The number of pyridine rings is 1. The number of carbonyl (C=O) groups is 3. The molecule has 6 nitrogen and oxygen atoms in total. The summed E-state index contributed by atoms with van der Waals surface area (Å²) in [6, 6.07) is 16.1. The Morgan fingerprint density at radius 2 is 1.47 bits per heavy atom. The molecule has 34 heavy (non-hydrogen) atoms. The molecule has 0 radical (unpaired) electrons. The van der Waals surface area contributed by atoms with Gasteiger partial charge in [-0.25, -0.2) is 0 Å². The molecule has 178 valence electrons. The Balaban J connectivity index is 1.61. The molecule has 0 aliphatic carbocycles. The molecule has 0 atom stereocenters. The van der Waals surface area contributed by atoms with Gasteiger partial charge in [-0.3, -0.25) is 14.6 Å². The quantitative estimate of drug-likeness (QED) is 0.273. The summed E-state index contributed by atoms with van der Waals surface area (Å²) >= 11 is 0. The molecule has 0 fully saturated rings. The summed E-state index contributed by atoms with van der Waals surface area (Å²) in [7, 11) is 0. The zero-order valence-corrected chi connectivity index (χ0v) is 19.7. The van der Waals surface area contributed by atoms with Crippen molar-refractivity contribution >= 4 is 34.1 Å². The number of benzene rings is 2. The van der Waals surface area contributed by atoms with Crippen LogP contribution in [-0.4, -0.2) is 40.7 Å². The fourth-order valence-corrected chi connectivity index (χ4v) is 4.03. The maximum Gasteiger partial charge on any atom is 0.258 e. The normalized spacial score (nSPS) is 10.9. The number of aromatic nitrogens is 1. The van der Waals surface area contributed by atoms with Crippen molar-refractivity contribution in [2.24, 2.45) is 0 Å². The summed E-state index contributed by atoms with van der Waals surface area (Å²) < 4.78 is 0. The molecule has 1 amide bonds. The van der Waals surface area contributed by atoms with Crippen molar-refractivity contribution in [2.75, 3.05) is 18.1 Å². The molecule has 0 bridgehead atoms. The van der Waals surface area contributed by atoms with E-state index in [1.54, 1.807) is 37.4 Å². The molecule has 0 saturated carbocycles. The molecule has 6 heteroatoms. The smallest absolute Gasteiger partial charge is 0.258 e. The number of amides is 1. The molecule has 0 spiro atoms. The van der Waals surface area contributed by atoms with Gasteiger partial charge in [-0.1, -0.05) is 49.6 Å². The largest absolute Gasteiger partial charge is 0.395 e. The Morgan fingerprint density at radius 3 is 2.18 bits per heavy atom. The Kier molecular flexibility index (Phi) is 9.47. The summed E-state index contributed by atoms with van der Waals surface area (Å²) in [5, 5.41) is 10.5. The van der Waals surface area contributed by atoms with Crippen molar-refractivity contribution in [3.8, 4) is 0 Å². The number of aliphatic hydroxyl groups excluding tert-OH is 1. The minimum absolute atomic E-state index is 0.0632. The van der Waals surface area contributed by atoms with E-state index in [-0.39, 0.29) is 30.6 Å². The summed E-state index contributed by atoms with van der Waals surface area (Å²) in [6.45, 7) is 1.57. The summed E-state index contributed by atoms with van der Waals surface area (Å²) in [4.78, 5) is 42.7. The van der Waals surface area contributed by atoms with Crippen LogP contribution in [-0.2, 0) is 4.79 Å². The molecule has 0 unspecified atom stereocenters. The van der Waals surface area contributed by atoms with E-state index in [0.29, 0.717) is 35.2 Å². The maximum absolute atomic E-state index is 13.3. The SMILES string of the molecule is CC(=O)CCCCCCCC(=O)c1ccc(C(=O)N(CCO)c2cccc3cccnc23)cc1. The first-order valence-corrected chi connectivity index (χ1v) is 11.9. The van der Waals surface area contributed by atoms with Gasteiger partial charge in [0.15, 0.2) is 5.78 Å². The molecule has 1 N–H and O–H groups in total. The number of carbonyl (C=O) groups excluding carboxylic acids is 3. The van der Waals surface area contributed by atoms with Crippen LogP contribution in [0.1, 0.15) is 72.6 Å². The molecular formula is C28H32N2O4. The molecule has 2 aromatic carbocycles. The van der Waals surface area contributed by atoms with E-state index in [4.69, 9.17) is 0 Å². The number of Topliss-reactive ketones (excluding diaryl/α,β-unsaturated/α-hetero) is 2. The van der Waals surface area contributed by atoms with Crippen LogP contribution in [0.4, 0.5) is 5.69 Å². The average Bonchev–Trinajstić information content (AvgIpc) is 2.86. The van der Waals surface area contributed by atoms with Crippen molar-refractivity contribution in [3.05, 3.63) is 71.9 Å². The fraction of sp³-hybridized carbons (Fsp3) is 0.357. The van der Waals surface area contributed by atoms with Crippen LogP contribution in [0.25, 0.3) is 10.9 Å². The van der Waals surface area contributed by atoms with Crippen molar-refractivity contribution in [1.29, 1.82) is 0 Å². The molecule has 0 aliphatic rings. The third-order valence-corrected chi connectivity index (χ3v) is 5.86. The first-order valence-electron chi connectivity index (χ1n) is 11.9. The number of hydrogen-bond donors (Lipinski definition) is 1. The molecular weight excluding hydrogens is 428 g/mol. The van der Waals surface area contributed by atoms with Gasteiger partial charge in [-0.2, -0.15) is 0 Å².